The summed E-state index contributed by atoms with van der Waals surface area (Å²) in [6, 6.07) is 0. The summed E-state index contributed by atoms with van der Waals surface area (Å²) in [5.74, 6) is 0. The Kier molecular flexibility index (Phi) is 13.0. The monoisotopic (exact) mass is 137 g/mol. The molecule has 0 rings (SSSR count). The summed E-state index contributed by atoms with van der Waals surface area (Å²) in [5, 5.41) is 0. The van der Waals surface area contributed by atoms with Gasteiger partial charge in [0.2, 0.25) is 0 Å². The largest absolute Gasteiger partial charge is 2.00 e. The molecule has 4 heavy (non-hydrogen) atoms. The molecule has 0 aromatic heterocycles. The average Bonchev–Trinajstić information content (AvgIpc) is 1.31. The second-order valence-electron chi connectivity index (χ2n) is 0. The Morgan fingerprint density at radius 1 is 2.25 bits per heavy atom. The van der Waals surface area contributed by atoms with Crippen molar-refractivity contribution in [1.82, 2.24) is 0 Å². The summed E-state index contributed by atoms with van der Waals surface area (Å²) in [6.45, 7) is -3.51. The molecule has 0 aliphatic heterocycles. The van der Waals surface area contributed by atoms with Gasteiger partial charge in [0.1, 0.15) is 0 Å². The molecule has 0 N–H and O–H groups in total. The SMILES string of the molecule is [2H][C-]([2H])C([2H])([2H])[2H].[Br-].[Mg+2]. The summed E-state index contributed by atoms with van der Waals surface area (Å²) in [5.41, 5.74) is 0. The first-order chi connectivity index (χ1) is 2.94. The normalized spacial score (nSPS) is 23.8. The zero-order chi connectivity index (χ0) is 6.08. The maximum atomic E-state index is 6.31. The first-order valence-electron chi connectivity index (χ1n) is 2.75. The van der Waals surface area contributed by atoms with Gasteiger partial charge in [0.15, 0.2) is 0 Å². The van der Waals surface area contributed by atoms with Crippen LogP contribution in [0.2, 0.25) is 0 Å². The van der Waals surface area contributed by atoms with Crippen molar-refractivity contribution in [3.63, 3.8) is 0 Å². The van der Waals surface area contributed by atoms with E-state index < -0.39 is 13.7 Å². The molecule has 0 aliphatic carbocycles. The fraction of sp³-hybridized carbons (Fsp3) is 0.500. The van der Waals surface area contributed by atoms with Gasteiger partial charge in [-0.1, -0.05) is 0 Å². The molecule has 0 radical (unpaired) electrons. The maximum Gasteiger partial charge on any atom is 2.00 e. The Bertz CT molecular complexity index is 60.5. The fourth-order valence-corrected chi connectivity index (χ4v) is 0. The number of rotatable bonds is 0. The van der Waals surface area contributed by atoms with Gasteiger partial charge >= 0.3 is 23.1 Å². The maximum absolute atomic E-state index is 6.31. The minimum Gasteiger partial charge on any atom is -1.00 e. The van der Waals surface area contributed by atoms with Crippen LogP contribution in [0.5, 0.6) is 0 Å². The van der Waals surface area contributed by atoms with Crippen molar-refractivity contribution in [1.29, 1.82) is 0 Å². The molecule has 2 heteroatoms. The van der Waals surface area contributed by atoms with Crippen LogP contribution in [-0.4, -0.2) is 23.1 Å². The molecule has 0 spiro atoms. The van der Waals surface area contributed by atoms with E-state index in [9.17, 15) is 0 Å². The van der Waals surface area contributed by atoms with Crippen LogP contribution in [-0.2, 0) is 0 Å². The first-order valence-corrected chi connectivity index (χ1v) is 0.250. The molecule has 0 heterocycles. The minimum absolute atomic E-state index is 0. The fourth-order valence-electron chi connectivity index (χ4n) is 0. The van der Waals surface area contributed by atoms with Crippen molar-refractivity contribution in [3.8, 4) is 0 Å². The van der Waals surface area contributed by atoms with Crippen molar-refractivity contribution >= 4 is 23.1 Å². The second-order valence-corrected chi connectivity index (χ2v) is 0. The summed E-state index contributed by atoms with van der Waals surface area (Å²) in [4.78, 5) is 0. The molecule has 0 amide bonds. The summed E-state index contributed by atoms with van der Waals surface area (Å²) < 4.78 is 31.4. The third kappa shape index (κ3) is 10.5. The average molecular weight is 138 g/mol. The summed E-state index contributed by atoms with van der Waals surface area (Å²) in [6.07, 6.45) is 0. The van der Waals surface area contributed by atoms with Gasteiger partial charge in [-0.2, -0.15) is 6.85 Å². The van der Waals surface area contributed by atoms with E-state index in [-0.39, 0.29) is 40.0 Å². The number of halogens is 1. The quantitative estimate of drug-likeness (QED) is 0.256. The van der Waals surface area contributed by atoms with Crippen LogP contribution < -0.4 is 17.0 Å². The van der Waals surface area contributed by atoms with Gasteiger partial charge in [0, 0.05) is 0 Å². The van der Waals surface area contributed by atoms with Crippen LogP contribution in [0.4, 0.5) is 0 Å². The Morgan fingerprint density at radius 3 is 2.50 bits per heavy atom. The molecule has 0 unspecified atom stereocenters. The minimum atomic E-state index is -2.50. The smallest absolute Gasteiger partial charge is 1.00 e. The summed E-state index contributed by atoms with van der Waals surface area (Å²) in [7, 11) is 0. The number of hydrogen-bond acceptors (Lipinski definition) is 0. The zero-order valence-electron chi connectivity index (χ0n) is 7.09. The number of hydrogen-bond donors (Lipinski definition) is 0. The van der Waals surface area contributed by atoms with E-state index in [4.69, 9.17) is 6.85 Å². The van der Waals surface area contributed by atoms with E-state index in [1.165, 1.54) is 0 Å². The van der Waals surface area contributed by atoms with Crippen molar-refractivity contribution in [3.05, 3.63) is 6.88 Å². The Labute approximate surface area is 60.9 Å². The van der Waals surface area contributed by atoms with E-state index in [0.29, 0.717) is 0 Å². The molecular weight excluding hydrogens is 128 g/mol. The van der Waals surface area contributed by atoms with E-state index in [1.807, 2.05) is 0 Å². The zero-order valence-corrected chi connectivity index (χ0v) is 5.09. The first kappa shape index (κ1) is 1.80. The molecule has 0 aliphatic rings. The van der Waals surface area contributed by atoms with Gasteiger partial charge < -0.3 is 23.9 Å². The van der Waals surface area contributed by atoms with Crippen LogP contribution in [0.3, 0.4) is 0 Å². The predicted octanol–water partition coefficient (Wildman–Crippen LogP) is -2.54. The molecule has 0 fully saturated rings. The molecule has 0 atom stereocenters. The van der Waals surface area contributed by atoms with Gasteiger partial charge in [-0.05, 0) is 4.11 Å². The molecule has 0 saturated heterocycles. The van der Waals surface area contributed by atoms with Gasteiger partial charge in [0.05, 0.1) is 0 Å². The van der Waals surface area contributed by atoms with E-state index in [2.05, 4.69) is 0 Å². The molecule has 0 bridgehead atoms. The van der Waals surface area contributed by atoms with Crippen molar-refractivity contribution in [2.75, 3.05) is 0 Å². The Hall–Kier alpha value is 1.25. The standard InChI is InChI=1S/C2H5.BrH.Mg/c1-2;;/h1H2,2H3;1H;/q-1;;+2/p-1/i1D2,2D3;;. The van der Waals surface area contributed by atoms with Crippen LogP contribution in [0.1, 0.15) is 13.7 Å². The molecular formula is C2H5BrMg. The molecule has 22 valence electrons. The predicted molar refractivity (Wildman–Crippen MR) is 16.8 cm³/mol. The van der Waals surface area contributed by atoms with Crippen LogP contribution in [0, 0.1) is 6.88 Å². The van der Waals surface area contributed by atoms with E-state index >= 15 is 0 Å². The topological polar surface area (TPSA) is 0 Å². The van der Waals surface area contributed by atoms with Gasteiger partial charge in [0.25, 0.3) is 0 Å². The van der Waals surface area contributed by atoms with Crippen LogP contribution in [0.25, 0.3) is 0 Å². The third-order valence-corrected chi connectivity index (χ3v) is 0. The van der Waals surface area contributed by atoms with Crippen LogP contribution in [0.15, 0.2) is 0 Å². The van der Waals surface area contributed by atoms with Crippen molar-refractivity contribution in [2.45, 2.75) is 6.85 Å². The Balaban J connectivity index is -0.000000180. The molecule has 0 nitrogen and oxygen atoms in total. The molecule has 0 aromatic carbocycles. The summed E-state index contributed by atoms with van der Waals surface area (Å²) >= 11 is 0. The second kappa shape index (κ2) is 28.8. The van der Waals surface area contributed by atoms with Gasteiger partial charge in [-0.25, -0.2) is 2.74 Å². The van der Waals surface area contributed by atoms with Gasteiger partial charge in [-0.15, -0.1) is 0 Å². The van der Waals surface area contributed by atoms with E-state index in [1.54, 1.807) is 0 Å². The van der Waals surface area contributed by atoms with Crippen LogP contribution >= 0.6 is 0 Å². The van der Waals surface area contributed by atoms with Crippen molar-refractivity contribution < 1.29 is 23.8 Å². The Morgan fingerprint density at radius 2 is 2.50 bits per heavy atom. The van der Waals surface area contributed by atoms with Crippen molar-refractivity contribution in [2.24, 2.45) is 0 Å². The molecule has 0 aromatic rings. The third-order valence-electron chi connectivity index (χ3n) is 0. The molecule has 0 saturated carbocycles. The van der Waals surface area contributed by atoms with Gasteiger partial charge in [-0.3, -0.25) is 0 Å². The van der Waals surface area contributed by atoms with E-state index in [0.717, 1.165) is 0 Å².